The van der Waals surface area contributed by atoms with Gasteiger partial charge in [-0.1, -0.05) is 12.1 Å². The highest BCUT2D eigenvalue weighted by atomic mass is 19.1. The quantitative estimate of drug-likeness (QED) is 0.780. The number of nitrogens with zero attached hydrogens (tertiary/aromatic N) is 2. The molecule has 0 amide bonds. The first kappa shape index (κ1) is 16.1. The molecular formula is C19H22F2N2. The molecular weight excluding hydrogens is 294 g/mol. The zero-order valence-electron chi connectivity index (χ0n) is 14.0. The van der Waals surface area contributed by atoms with Gasteiger partial charge in [-0.2, -0.15) is 4.39 Å². The number of benzene rings is 1. The van der Waals surface area contributed by atoms with E-state index >= 15 is 0 Å². The topological polar surface area (TPSA) is 16.1 Å². The minimum absolute atomic E-state index is 0.0884. The summed E-state index contributed by atoms with van der Waals surface area (Å²) in [4.78, 5) is 5.94. The molecule has 1 aromatic heterocycles. The Labute approximate surface area is 136 Å². The fraction of sp³-hybridized carbons (Fsp3) is 0.421. The van der Waals surface area contributed by atoms with Gasteiger partial charge in [-0.05, 0) is 57.5 Å². The van der Waals surface area contributed by atoms with Gasteiger partial charge in [0.15, 0.2) is 0 Å². The number of rotatable bonds is 3. The Morgan fingerprint density at radius 1 is 1.26 bits per heavy atom. The minimum atomic E-state index is -0.455. The van der Waals surface area contributed by atoms with Crippen LogP contribution in [0.1, 0.15) is 48.6 Å². The molecule has 4 heteroatoms. The van der Waals surface area contributed by atoms with E-state index in [9.17, 15) is 8.78 Å². The van der Waals surface area contributed by atoms with E-state index in [2.05, 4.69) is 23.7 Å². The number of aryl methyl sites for hydroxylation is 1. The summed E-state index contributed by atoms with van der Waals surface area (Å²) in [6.07, 6.45) is 2.86. The molecule has 1 aliphatic heterocycles. The summed E-state index contributed by atoms with van der Waals surface area (Å²) in [7, 11) is 2.02. The molecule has 0 aliphatic carbocycles. The number of halogens is 2. The first-order valence-corrected chi connectivity index (χ1v) is 7.90. The van der Waals surface area contributed by atoms with Gasteiger partial charge < -0.3 is 0 Å². The van der Waals surface area contributed by atoms with Gasteiger partial charge in [0, 0.05) is 35.3 Å². The third-order valence-electron chi connectivity index (χ3n) is 4.98. The predicted octanol–water partition coefficient (Wildman–Crippen LogP) is 4.41. The molecule has 0 bridgehead atoms. The van der Waals surface area contributed by atoms with Crippen molar-refractivity contribution in [2.75, 3.05) is 7.05 Å². The van der Waals surface area contributed by atoms with Crippen LogP contribution < -0.4 is 0 Å². The molecule has 2 heterocycles. The van der Waals surface area contributed by atoms with Crippen molar-refractivity contribution >= 4 is 0 Å². The van der Waals surface area contributed by atoms with E-state index in [1.165, 1.54) is 12.3 Å². The summed E-state index contributed by atoms with van der Waals surface area (Å²) in [5.74, 6) is -0.646. The summed E-state index contributed by atoms with van der Waals surface area (Å²) >= 11 is 0. The molecule has 0 N–H and O–H groups in total. The zero-order valence-corrected chi connectivity index (χ0v) is 14.0. The zero-order chi connectivity index (χ0) is 16.8. The Hall–Kier alpha value is -1.81. The summed E-state index contributed by atoms with van der Waals surface area (Å²) in [5.41, 5.74) is 3.17. The molecule has 1 atom stereocenters. The second-order valence-electron chi connectivity index (χ2n) is 7.14. The van der Waals surface area contributed by atoms with E-state index in [0.717, 1.165) is 17.5 Å². The van der Waals surface area contributed by atoms with Crippen LogP contribution in [0.25, 0.3) is 0 Å². The monoisotopic (exact) mass is 316 g/mol. The normalized spacial score (nSPS) is 20.3. The molecule has 2 aromatic rings. The van der Waals surface area contributed by atoms with Crippen LogP contribution in [-0.2, 0) is 6.42 Å². The molecule has 3 rings (SSSR count). The average molecular weight is 316 g/mol. The van der Waals surface area contributed by atoms with Gasteiger partial charge in [0.05, 0.1) is 0 Å². The van der Waals surface area contributed by atoms with Gasteiger partial charge in [0.1, 0.15) is 5.82 Å². The molecule has 2 nitrogen and oxygen atoms in total. The smallest absolute Gasteiger partial charge is 0.216 e. The highest BCUT2D eigenvalue weighted by molar-refractivity contribution is 5.34. The SMILES string of the molecule is Cc1cnc(F)c(Cc2ccc(F)c([C@H]3CC(C)(C)N3C)c2)c1. The van der Waals surface area contributed by atoms with Crippen molar-refractivity contribution in [1.29, 1.82) is 0 Å². The fourth-order valence-corrected chi connectivity index (χ4v) is 3.30. The first-order valence-electron chi connectivity index (χ1n) is 7.90. The lowest BCUT2D eigenvalue weighted by Gasteiger charge is -2.53. The van der Waals surface area contributed by atoms with Gasteiger partial charge in [-0.3, -0.25) is 4.90 Å². The van der Waals surface area contributed by atoms with Crippen LogP contribution in [0.3, 0.4) is 0 Å². The number of pyridine rings is 1. The molecule has 122 valence electrons. The van der Waals surface area contributed by atoms with Crippen molar-refractivity contribution in [3.05, 3.63) is 64.5 Å². The standard InChI is InChI=1S/C19H22F2N2/c1-12-7-14(18(21)22-11-12)8-13-5-6-16(20)15(9-13)17-10-19(2,3)23(17)4/h5-7,9,11,17H,8,10H2,1-4H3/t17-/m1/s1. The van der Waals surface area contributed by atoms with Crippen molar-refractivity contribution < 1.29 is 8.78 Å². The Kier molecular flexibility index (Phi) is 3.96. The average Bonchev–Trinajstić information content (AvgIpc) is 2.50. The van der Waals surface area contributed by atoms with Gasteiger partial charge >= 0.3 is 0 Å². The molecule has 0 saturated carbocycles. The molecule has 1 aromatic carbocycles. The second kappa shape index (κ2) is 5.68. The van der Waals surface area contributed by atoms with E-state index in [0.29, 0.717) is 17.5 Å². The van der Waals surface area contributed by atoms with Crippen LogP contribution >= 0.6 is 0 Å². The lowest BCUT2D eigenvalue weighted by molar-refractivity contribution is -0.0283. The predicted molar refractivity (Wildman–Crippen MR) is 87.3 cm³/mol. The van der Waals surface area contributed by atoms with Crippen LogP contribution in [0.15, 0.2) is 30.5 Å². The number of hydrogen-bond donors (Lipinski definition) is 0. The molecule has 0 radical (unpaired) electrons. The first-order chi connectivity index (χ1) is 10.8. The van der Waals surface area contributed by atoms with Gasteiger partial charge in [0.25, 0.3) is 0 Å². The van der Waals surface area contributed by atoms with Crippen molar-refractivity contribution in [1.82, 2.24) is 9.88 Å². The lowest BCUT2D eigenvalue weighted by atomic mass is 9.78. The molecule has 23 heavy (non-hydrogen) atoms. The minimum Gasteiger partial charge on any atom is -0.294 e. The van der Waals surface area contributed by atoms with E-state index in [-0.39, 0.29) is 17.4 Å². The number of hydrogen-bond acceptors (Lipinski definition) is 2. The maximum Gasteiger partial charge on any atom is 0.216 e. The summed E-state index contributed by atoms with van der Waals surface area (Å²) < 4.78 is 28.1. The molecule has 1 fully saturated rings. The second-order valence-corrected chi connectivity index (χ2v) is 7.14. The van der Waals surface area contributed by atoms with Gasteiger partial charge in [0.2, 0.25) is 5.95 Å². The number of aromatic nitrogens is 1. The molecule has 1 saturated heterocycles. The Morgan fingerprint density at radius 3 is 2.65 bits per heavy atom. The van der Waals surface area contributed by atoms with Crippen LogP contribution in [0.4, 0.5) is 8.78 Å². The third kappa shape index (κ3) is 3.00. The molecule has 0 spiro atoms. The van der Waals surface area contributed by atoms with Crippen LogP contribution in [0, 0.1) is 18.7 Å². The maximum absolute atomic E-state index is 14.2. The fourth-order valence-electron chi connectivity index (χ4n) is 3.30. The highest BCUT2D eigenvalue weighted by Crippen LogP contribution is 2.45. The summed E-state index contributed by atoms with van der Waals surface area (Å²) in [6.45, 7) is 6.19. The van der Waals surface area contributed by atoms with Crippen LogP contribution in [0.2, 0.25) is 0 Å². The maximum atomic E-state index is 14.2. The van der Waals surface area contributed by atoms with Gasteiger partial charge in [-0.15, -0.1) is 0 Å². The lowest BCUT2D eigenvalue weighted by Crippen LogP contribution is -2.55. The van der Waals surface area contributed by atoms with E-state index in [4.69, 9.17) is 0 Å². The summed E-state index contributed by atoms with van der Waals surface area (Å²) in [5, 5.41) is 0. The Balaban J connectivity index is 1.88. The van der Waals surface area contributed by atoms with E-state index in [1.807, 2.05) is 20.0 Å². The van der Waals surface area contributed by atoms with Crippen LogP contribution in [-0.4, -0.2) is 22.5 Å². The molecule has 0 unspecified atom stereocenters. The molecule has 1 aliphatic rings. The Morgan fingerprint density at radius 2 is 2.00 bits per heavy atom. The largest absolute Gasteiger partial charge is 0.294 e. The van der Waals surface area contributed by atoms with Crippen LogP contribution in [0.5, 0.6) is 0 Å². The number of likely N-dealkylation sites (tertiary alicyclic amines) is 1. The highest BCUT2D eigenvalue weighted by Gasteiger charge is 2.43. The Bertz CT molecular complexity index is 740. The van der Waals surface area contributed by atoms with Gasteiger partial charge in [-0.25, -0.2) is 9.37 Å². The third-order valence-corrected chi connectivity index (χ3v) is 4.98. The van der Waals surface area contributed by atoms with Crippen molar-refractivity contribution in [2.24, 2.45) is 0 Å². The van der Waals surface area contributed by atoms with Crippen molar-refractivity contribution in [2.45, 2.75) is 45.2 Å². The van der Waals surface area contributed by atoms with E-state index < -0.39 is 5.95 Å². The van der Waals surface area contributed by atoms with Crippen molar-refractivity contribution in [3.8, 4) is 0 Å². The van der Waals surface area contributed by atoms with E-state index in [1.54, 1.807) is 12.1 Å². The van der Waals surface area contributed by atoms with Crippen molar-refractivity contribution in [3.63, 3.8) is 0 Å². The summed E-state index contributed by atoms with van der Waals surface area (Å²) in [6, 6.07) is 6.97.